The standard InChI is InChI=1S/C14H15NO7/c1-6(16)20-12(21-7(2)17)14-5-4-13(3,22-14)8-9(14)11(19)15-10(8)18/h4-5,8-9,12H,1-3H3,(H,15,18,19)/t8-,9+,13+,14-/m0/s1. The Kier molecular flexibility index (Phi) is 2.93. The molecule has 2 amide bonds. The summed E-state index contributed by atoms with van der Waals surface area (Å²) in [7, 11) is 0. The number of hydrogen-bond acceptors (Lipinski definition) is 7. The summed E-state index contributed by atoms with van der Waals surface area (Å²) >= 11 is 0. The number of imide groups is 1. The van der Waals surface area contributed by atoms with Crippen LogP contribution in [-0.4, -0.2) is 41.2 Å². The first-order chi connectivity index (χ1) is 10.2. The molecule has 3 rings (SSSR count). The third kappa shape index (κ3) is 1.80. The van der Waals surface area contributed by atoms with Gasteiger partial charge in [-0.2, -0.15) is 0 Å². The highest BCUT2D eigenvalue weighted by atomic mass is 16.7. The fourth-order valence-electron chi connectivity index (χ4n) is 3.50. The first-order valence-corrected chi connectivity index (χ1v) is 6.79. The van der Waals surface area contributed by atoms with Gasteiger partial charge in [-0.3, -0.25) is 24.5 Å². The van der Waals surface area contributed by atoms with Crippen molar-refractivity contribution in [2.75, 3.05) is 0 Å². The number of amides is 2. The van der Waals surface area contributed by atoms with E-state index >= 15 is 0 Å². The number of carbonyl (C=O) groups excluding carboxylic acids is 4. The highest BCUT2D eigenvalue weighted by Crippen LogP contribution is 2.57. The number of hydrogen-bond donors (Lipinski definition) is 1. The Labute approximate surface area is 125 Å². The van der Waals surface area contributed by atoms with Crippen molar-refractivity contribution in [1.82, 2.24) is 5.32 Å². The monoisotopic (exact) mass is 309 g/mol. The van der Waals surface area contributed by atoms with Gasteiger partial charge in [0.1, 0.15) is 0 Å². The van der Waals surface area contributed by atoms with Crippen LogP contribution in [0.2, 0.25) is 0 Å². The van der Waals surface area contributed by atoms with Crippen molar-refractivity contribution >= 4 is 23.8 Å². The van der Waals surface area contributed by atoms with E-state index in [9.17, 15) is 19.2 Å². The fraction of sp³-hybridized carbons (Fsp3) is 0.571. The molecule has 8 nitrogen and oxygen atoms in total. The van der Waals surface area contributed by atoms with Crippen molar-refractivity contribution < 1.29 is 33.4 Å². The molecule has 2 fully saturated rings. The smallest absolute Gasteiger partial charge is 0.305 e. The second-order valence-electron chi connectivity index (χ2n) is 5.83. The van der Waals surface area contributed by atoms with Crippen LogP contribution in [0.15, 0.2) is 12.2 Å². The maximum atomic E-state index is 12.2. The minimum atomic E-state index is -1.49. The highest BCUT2D eigenvalue weighted by molar-refractivity contribution is 6.07. The number of rotatable bonds is 3. The molecule has 118 valence electrons. The fourth-order valence-corrected chi connectivity index (χ4v) is 3.50. The third-order valence-electron chi connectivity index (χ3n) is 4.23. The Morgan fingerprint density at radius 3 is 2.23 bits per heavy atom. The lowest BCUT2D eigenvalue weighted by Crippen LogP contribution is -2.52. The molecule has 0 aliphatic carbocycles. The summed E-state index contributed by atoms with van der Waals surface area (Å²) in [6, 6.07) is 0. The quantitative estimate of drug-likeness (QED) is 0.322. The van der Waals surface area contributed by atoms with Crippen molar-refractivity contribution in [2.24, 2.45) is 11.8 Å². The zero-order valence-corrected chi connectivity index (χ0v) is 12.2. The van der Waals surface area contributed by atoms with Crippen LogP contribution in [0.3, 0.4) is 0 Å². The Bertz CT molecular complexity index is 611. The van der Waals surface area contributed by atoms with E-state index in [0.717, 1.165) is 13.8 Å². The van der Waals surface area contributed by atoms with E-state index < -0.39 is 53.1 Å². The van der Waals surface area contributed by atoms with E-state index in [1.54, 1.807) is 13.0 Å². The van der Waals surface area contributed by atoms with E-state index in [2.05, 4.69) is 5.32 Å². The Morgan fingerprint density at radius 1 is 1.14 bits per heavy atom. The number of ether oxygens (including phenoxy) is 3. The molecule has 1 N–H and O–H groups in total. The summed E-state index contributed by atoms with van der Waals surface area (Å²) in [5, 5.41) is 2.25. The van der Waals surface area contributed by atoms with Crippen LogP contribution in [0.4, 0.5) is 0 Å². The SMILES string of the molecule is CC(=O)OC(OC(C)=O)[C@@]12C=C[C@@](C)(O1)[C@@H]1C(=O)NC(=O)[C@@H]12. The van der Waals surface area contributed by atoms with E-state index in [0.29, 0.717) is 0 Å². The van der Waals surface area contributed by atoms with Crippen LogP contribution < -0.4 is 5.32 Å². The topological polar surface area (TPSA) is 108 Å². The Balaban J connectivity index is 2.05. The molecule has 3 aliphatic heterocycles. The van der Waals surface area contributed by atoms with Gasteiger partial charge in [-0.1, -0.05) is 6.08 Å². The van der Waals surface area contributed by atoms with Gasteiger partial charge in [-0.05, 0) is 13.0 Å². The maximum absolute atomic E-state index is 12.2. The summed E-state index contributed by atoms with van der Waals surface area (Å²) in [6.07, 6.45) is 1.72. The molecule has 0 aromatic heterocycles. The maximum Gasteiger partial charge on any atom is 0.305 e. The molecule has 3 aliphatic rings. The van der Waals surface area contributed by atoms with E-state index in [1.165, 1.54) is 6.08 Å². The van der Waals surface area contributed by atoms with Crippen molar-refractivity contribution in [3.05, 3.63) is 12.2 Å². The molecule has 0 aromatic carbocycles. The molecule has 8 heteroatoms. The van der Waals surface area contributed by atoms with Crippen LogP contribution in [-0.2, 0) is 33.4 Å². The number of carbonyl (C=O) groups is 4. The minimum Gasteiger partial charge on any atom is -0.422 e. The molecular weight excluding hydrogens is 294 g/mol. The summed E-state index contributed by atoms with van der Waals surface area (Å²) in [5.74, 6) is -4.04. The third-order valence-corrected chi connectivity index (χ3v) is 4.23. The molecule has 2 saturated heterocycles. The predicted molar refractivity (Wildman–Crippen MR) is 68.8 cm³/mol. The molecule has 2 bridgehead atoms. The highest BCUT2D eigenvalue weighted by Gasteiger charge is 2.74. The van der Waals surface area contributed by atoms with Gasteiger partial charge in [0.15, 0.2) is 5.60 Å². The van der Waals surface area contributed by atoms with Gasteiger partial charge in [0.2, 0.25) is 11.8 Å². The van der Waals surface area contributed by atoms with Gasteiger partial charge >= 0.3 is 11.9 Å². The summed E-state index contributed by atoms with van der Waals surface area (Å²) < 4.78 is 16.0. The predicted octanol–water partition coefficient (Wildman–Crippen LogP) is -0.575. The number of nitrogens with one attached hydrogen (secondary N) is 1. The zero-order valence-electron chi connectivity index (χ0n) is 12.2. The number of esters is 2. The molecule has 3 heterocycles. The first kappa shape index (κ1) is 14.7. The lowest BCUT2D eigenvalue weighted by Gasteiger charge is -2.34. The summed E-state index contributed by atoms with van der Waals surface area (Å²) in [6.45, 7) is 3.96. The van der Waals surface area contributed by atoms with Gasteiger partial charge < -0.3 is 14.2 Å². The second-order valence-corrected chi connectivity index (χ2v) is 5.83. The van der Waals surface area contributed by atoms with Crippen molar-refractivity contribution in [3.8, 4) is 0 Å². The lowest BCUT2D eigenvalue weighted by atomic mass is 9.72. The molecular formula is C14H15NO7. The van der Waals surface area contributed by atoms with Gasteiger partial charge in [0.25, 0.3) is 6.29 Å². The molecule has 0 unspecified atom stereocenters. The lowest BCUT2D eigenvalue weighted by molar-refractivity contribution is -0.231. The summed E-state index contributed by atoms with van der Waals surface area (Å²) in [5.41, 5.74) is -2.51. The van der Waals surface area contributed by atoms with Crippen LogP contribution in [0.25, 0.3) is 0 Å². The Morgan fingerprint density at radius 2 is 1.68 bits per heavy atom. The van der Waals surface area contributed by atoms with Gasteiger partial charge in [0, 0.05) is 13.8 Å². The van der Waals surface area contributed by atoms with E-state index in [4.69, 9.17) is 14.2 Å². The van der Waals surface area contributed by atoms with Crippen molar-refractivity contribution in [1.29, 1.82) is 0 Å². The minimum absolute atomic E-state index is 0.451. The molecule has 0 aromatic rings. The molecule has 0 spiro atoms. The first-order valence-electron chi connectivity index (χ1n) is 6.79. The average Bonchev–Trinajstić information content (AvgIpc) is 2.96. The molecule has 0 radical (unpaired) electrons. The molecule has 0 saturated carbocycles. The number of fused-ring (bicyclic) bond motifs is 5. The van der Waals surface area contributed by atoms with Crippen molar-refractivity contribution in [3.63, 3.8) is 0 Å². The zero-order chi connectivity index (χ0) is 16.3. The van der Waals surface area contributed by atoms with Crippen LogP contribution >= 0.6 is 0 Å². The van der Waals surface area contributed by atoms with E-state index in [-0.39, 0.29) is 0 Å². The van der Waals surface area contributed by atoms with Crippen LogP contribution in [0, 0.1) is 11.8 Å². The van der Waals surface area contributed by atoms with Gasteiger partial charge in [-0.25, -0.2) is 0 Å². The normalized spacial score (nSPS) is 38.2. The molecule has 22 heavy (non-hydrogen) atoms. The Hall–Kier alpha value is -2.22. The molecule has 4 atom stereocenters. The summed E-state index contributed by atoms with van der Waals surface area (Å²) in [4.78, 5) is 46.8. The van der Waals surface area contributed by atoms with Crippen molar-refractivity contribution in [2.45, 2.75) is 38.3 Å². The second kappa shape index (κ2) is 4.39. The average molecular weight is 309 g/mol. The van der Waals surface area contributed by atoms with E-state index in [1.807, 2.05) is 0 Å². The van der Waals surface area contributed by atoms with Gasteiger partial charge in [-0.15, -0.1) is 0 Å². The van der Waals surface area contributed by atoms with Crippen LogP contribution in [0.5, 0.6) is 0 Å². The van der Waals surface area contributed by atoms with Gasteiger partial charge in [0.05, 0.1) is 17.4 Å². The largest absolute Gasteiger partial charge is 0.422 e. The van der Waals surface area contributed by atoms with Crippen LogP contribution in [0.1, 0.15) is 20.8 Å².